The molecule has 0 spiro atoms. The Morgan fingerprint density at radius 1 is 0.930 bits per heavy atom. The predicted molar refractivity (Wildman–Crippen MR) is 167 cm³/mol. The van der Waals surface area contributed by atoms with Crippen LogP contribution in [0.25, 0.3) is 0 Å². The standard InChI is InChI=1S/C15H24O3.C10H16O2.C7H8O3S.CH4O/c1-15(2)12(7-9-16-3)10-13(15)11-18-14-6-4-5-8-17-14;1-10(2)8(4-5-12-3)6-9(10)7-11;1-6-2-4-7(5-3-6)11(8,9)10;1-2/h9,13-14H,4-6,8,10-11H2,1-3H3;5,9,11H,6-7H2,1-3H3;2-5H,1H3,(H,8,9,10);2H,1H3. The summed E-state index contributed by atoms with van der Waals surface area (Å²) in [6.45, 7) is 12.5. The third kappa shape index (κ3) is 11.9. The fourth-order valence-electron chi connectivity index (χ4n) is 4.85. The number of methoxy groups -OCH3 is 2. The van der Waals surface area contributed by atoms with Crippen molar-refractivity contribution in [3.63, 3.8) is 0 Å². The van der Waals surface area contributed by atoms with Crippen molar-refractivity contribution in [2.24, 2.45) is 22.7 Å². The number of rotatable bonds is 7. The van der Waals surface area contributed by atoms with Gasteiger partial charge in [0.2, 0.25) is 0 Å². The van der Waals surface area contributed by atoms with Crippen molar-refractivity contribution in [3.05, 3.63) is 65.0 Å². The van der Waals surface area contributed by atoms with Crippen LogP contribution < -0.4 is 0 Å². The number of allylic oxidation sites excluding steroid dienone is 2. The first-order chi connectivity index (χ1) is 20.3. The average molecular weight is 625 g/mol. The maximum Gasteiger partial charge on any atom is 0.294 e. The lowest BCUT2D eigenvalue weighted by molar-refractivity contribution is -0.177. The van der Waals surface area contributed by atoms with Crippen LogP contribution >= 0.6 is 0 Å². The van der Waals surface area contributed by atoms with Crippen molar-refractivity contribution < 1.29 is 42.1 Å². The van der Waals surface area contributed by atoms with Gasteiger partial charge in [-0.2, -0.15) is 8.42 Å². The first kappa shape index (κ1) is 38.6. The normalized spacial score (nSPS) is 22.9. The van der Waals surface area contributed by atoms with E-state index < -0.39 is 10.1 Å². The van der Waals surface area contributed by atoms with Gasteiger partial charge in [-0.3, -0.25) is 4.55 Å². The lowest BCUT2D eigenvalue weighted by atomic mass is 9.59. The summed E-state index contributed by atoms with van der Waals surface area (Å²) in [5.41, 5.74) is 10.1. The molecule has 2 saturated carbocycles. The summed E-state index contributed by atoms with van der Waals surface area (Å²) in [4.78, 5) is -0.0666. The zero-order valence-electron chi connectivity index (χ0n) is 27.1. The molecule has 4 rings (SSSR count). The summed E-state index contributed by atoms with van der Waals surface area (Å²) >= 11 is 0. The molecule has 3 N–H and O–H groups in total. The summed E-state index contributed by atoms with van der Waals surface area (Å²) in [5.74, 6) is 0.959. The summed E-state index contributed by atoms with van der Waals surface area (Å²) in [6.07, 6.45) is 8.67. The van der Waals surface area contributed by atoms with Crippen molar-refractivity contribution in [3.8, 4) is 0 Å². The topological polar surface area (TPSA) is 132 Å². The fourth-order valence-corrected chi connectivity index (χ4v) is 5.33. The molecular formula is C33H52O9S. The zero-order valence-corrected chi connectivity index (χ0v) is 27.9. The monoisotopic (exact) mass is 624 g/mol. The van der Waals surface area contributed by atoms with E-state index in [-0.39, 0.29) is 28.6 Å². The smallest absolute Gasteiger partial charge is 0.294 e. The average Bonchev–Trinajstić information content (AvgIpc) is 2.98. The highest BCUT2D eigenvalue weighted by atomic mass is 32.2. The molecule has 1 aromatic rings. The summed E-state index contributed by atoms with van der Waals surface area (Å²) < 4.78 is 50.7. The second-order valence-corrected chi connectivity index (χ2v) is 13.2. The van der Waals surface area contributed by atoms with Gasteiger partial charge < -0.3 is 29.2 Å². The van der Waals surface area contributed by atoms with Crippen LogP contribution in [0.1, 0.15) is 65.4 Å². The van der Waals surface area contributed by atoms with E-state index in [0.29, 0.717) is 11.8 Å². The molecule has 10 heteroatoms. The van der Waals surface area contributed by atoms with Gasteiger partial charge in [-0.25, -0.2) is 0 Å². The second-order valence-electron chi connectivity index (χ2n) is 11.8. The predicted octanol–water partition coefficient (Wildman–Crippen LogP) is 5.82. The number of aliphatic hydroxyl groups excluding tert-OH is 2. The van der Waals surface area contributed by atoms with Crippen molar-refractivity contribution >= 4 is 10.1 Å². The van der Waals surface area contributed by atoms with Crippen molar-refractivity contribution in [2.75, 3.05) is 41.2 Å². The molecule has 1 aromatic carbocycles. The van der Waals surface area contributed by atoms with E-state index in [9.17, 15) is 8.42 Å². The summed E-state index contributed by atoms with van der Waals surface area (Å²) in [6, 6.07) is 5.99. The van der Waals surface area contributed by atoms with Gasteiger partial charge in [0.05, 0.1) is 25.7 Å². The maximum absolute atomic E-state index is 10.5. The minimum Gasteiger partial charge on any atom is -0.496 e. The Hall–Kier alpha value is -2.39. The van der Waals surface area contributed by atoms with Crippen molar-refractivity contribution in [2.45, 2.75) is 77.9 Å². The third-order valence-electron chi connectivity index (χ3n) is 8.36. The van der Waals surface area contributed by atoms with Crippen LogP contribution in [0.2, 0.25) is 0 Å². The molecule has 1 heterocycles. The Morgan fingerprint density at radius 3 is 1.84 bits per heavy atom. The molecule has 1 aliphatic heterocycles. The van der Waals surface area contributed by atoms with E-state index in [1.165, 1.54) is 36.1 Å². The Balaban J connectivity index is 0.000000326. The van der Waals surface area contributed by atoms with Crippen LogP contribution in [-0.2, 0) is 29.1 Å². The zero-order chi connectivity index (χ0) is 32.7. The molecule has 2 aliphatic carbocycles. The van der Waals surface area contributed by atoms with E-state index in [0.717, 1.165) is 45.1 Å². The Bertz CT molecular complexity index is 1200. The molecule has 1 saturated heterocycles. The van der Waals surface area contributed by atoms with Crippen LogP contribution in [0.3, 0.4) is 0 Å². The van der Waals surface area contributed by atoms with Gasteiger partial charge in [-0.05, 0) is 85.0 Å². The Labute approximate surface area is 258 Å². The van der Waals surface area contributed by atoms with Gasteiger partial charge in [0.1, 0.15) is 12.5 Å². The Morgan fingerprint density at radius 2 is 1.44 bits per heavy atom. The molecule has 0 aromatic heterocycles. The molecule has 43 heavy (non-hydrogen) atoms. The second kappa shape index (κ2) is 18.4. The SMILES string of the molecule is CO.COC=C=C1CC(CO)C1(C)C.COC=C=C1CC(COC2CCCCO2)C1(C)C.Cc1ccc(S(=O)(=O)O)cc1. The number of ether oxygens (including phenoxy) is 4. The largest absolute Gasteiger partial charge is 0.496 e. The number of benzene rings is 1. The van der Waals surface area contributed by atoms with Gasteiger partial charge in [0.15, 0.2) is 6.29 Å². The third-order valence-corrected chi connectivity index (χ3v) is 9.23. The highest BCUT2D eigenvalue weighted by Gasteiger charge is 2.44. The molecule has 3 fully saturated rings. The number of hydrogen-bond donors (Lipinski definition) is 3. The van der Waals surface area contributed by atoms with Gasteiger partial charge in [0.25, 0.3) is 10.1 Å². The Kier molecular flexibility index (Phi) is 16.6. The van der Waals surface area contributed by atoms with Gasteiger partial charge in [-0.15, -0.1) is 0 Å². The molecule has 0 bridgehead atoms. The van der Waals surface area contributed by atoms with Crippen LogP contribution in [0, 0.1) is 29.6 Å². The van der Waals surface area contributed by atoms with E-state index in [4.69, 9.17) is 33.7 Å². The summed E-state index contributed by atoms with van der Waals surface area (Å²) in [7, 11) is 0.247. The lowest BCUT2D eigenvalue weighted by Crippen LogP contribution is -2.41. The van der Waals surface area contributed by atoms with Crippen LogP contribution in [0.4, 0.5) is 0 Å². The van der Waals surface area contributed by atoms with E-state index in [1.54, 1.807) is 38.9 Å². The van der Waals surface area contributed by atoms with E-state index in [1.807, 2.05) is 6.92 Å². The van der Waals surface area contributed by atoms with Gasteiger partial charge >= 0.3 is 0 Å². The molecule has 0 amide bonds. The quantitative estimate of drug-likeness (QED) is 0.195. The van der Waals surface area contributed by atoms with Crippen molar-refractivity contribution in [1.82, 2.24) is 0 Å². The van der Waals surface area contributed by atoms with Crippen LogP contribution in [0.5, 0.6) is 0 Å². The fraction of sp³-hybridized carbons (Fsp3) is 0.636. The highest BCUT2D eigenvalue weighted by Crippen LogP contribution is 2.51. The highest BCUT2D eigenvalue weighted by molar-refractivity contribution is 7.85. The van der Waals surface area contributed by atoms with Crippen LogP contribution in [0.15, 0.2) is 64.3 Å². The number of aliphatic hydroxyl groups is 2. The van der Waals surface area contributed by atoms with E-state index in [2.05, 4.69) is 39.2 Å². The minimum absolute atomic E-state index is 0.0251. The van der Waals surface area contributed by atoms with Gasteiger partial charge in [-0.1, -0.05) is 56.9 Å². The molecule has 9 nitrogen and oxygen atoms in total. The number of hydrogen-bond acceptors (Lipinski definition) is 8. The first-order valence-corrected chi connectivity index (χ1v) is 16.0. The maximum atomic E-state index is 10.5. The van der Waals surface area contributed by atoms with Gasteiger partial charge in [0, 0.05) is 20.3 Å². The first-order valence-electron chi connectivity index (χ1n) is 14.5. The molecular weight excluding hydrogens is 572 g/mol. The summed E-state index contributed by atoms with van der Waals surface area (Å²) in [5, 5.41) is 16.0. The molecule has 3 unspecified atom stereocenters. The molecule has 244 valence electrons. The molecule has 3 aliphatic rings. The lowest BCUT2D eigenvalue weighted by Gasteiger charge is -2.46. The molecule has 3 atom stereocenters. The van der Waals surface area contributed by atoms with Crippen molar-refractivity contribution in [1.29, 1.82) is 0 Å². The van der Waals surface area contributed by atoms with Crippen LogP contribution in [-0.4, -0.2) is 70.6 Å². The number of aryl methyl sites for hydroxylation is 1. The minimum atomic E-state index is -4.02. The molecule has 0 radical (unpaired) electrons. The van der Waals surface area contributed by atoms with E-state index >= 15 is 0 Å².